The highest BCUT2D eigenvalue weighted by Crippen LogP contribution is 2.38. The van der Waals surface area contributed by atoms with Crippen molar-refractivity contribution >= 4 is 22.5 Å². The molecule has 0 bridgehead atoms. The number of aryl methyl sites for hydroxylation is 1. The number of hydrogen-bond acceptors (Lipinski definition) is 3. The summed E-state index contributed by atoms with van der Waals surface area (Å²) in [5, 5.41) is 2.53. The Balaban J connectivity index is 1.80. The lowest BCUT2D eigenvalue weighted by molar-refractivity contribution is -0.143. The van der Waals surface area contributed by atoms with Gasteiger partial charge in [-0.15, -0.1) is 0 Å². The molecule has 0 aliphatic carbocycles. The maximum Gasteiger partial charge on any atom is 0.416 e. The number of aromatic nitrogens is 1. The first-order valence-corrected chi connectivity index (χ1v) is 9.49. The molecule has 2 aromatic heterocycles. The van der Waals surface area contributed by atoms with Gasteiger partial charge in [0.25, 0.3) is 5.91 Å². The molecule has 33 heavy (non-hydrogen) atoms. The van der Waals surface area contributed by atoms with Crippen molar-refractivity contribution in [2.75, 3.05) is 5.32 Å². The normalized spacial score (nSPS) is 12.2. The Morgan fingerprint density at radius 3 is 2.09 bits per heavy atom. The average Bonchev–Trinajstić information content (AvgIpc) is 3.17. The van der Waals surface area contributed by atoms with Crippen LogP contribution >= 0.6 is 0 Å². The van der Waals surface area contributed by atoms with Gasteiger partial charge in [-0.05, 0) is 49.4 Å². The van der Waals surface area contributed by atoms with Gasteiger partial charge in [0.1, 0.15) is 11.5 Å². The van der Waals surface area contributed by atoms with Crippen LogP contribution in [0.5, 0.6) is 0 Å². The molecule has 1 amide bonds. The Bertz CT molecular complexity index is 1320. The Labute approximate surface area is 182 Å². The number of furan rings is 1. The van der Waals surface area contributed by atoms with Crippen LogP contribution in [0.3, 0.4) is 0 Å². The lowest BCUT2D eigenvalue weighted by Crippen LogP contribution is -2.16. The van der Waals surface area contributed by atoms with Crippen LogP contribution in [0.1, 0.15) is 27.2 Å². The number of nitrogens with one attached hydrogen (secondary N) is 1. The average molecular weight is 464 g/mol. The first-order valence-electron chi connectivity index (χ1n) is 9.49. The van der Waals surface area contributed by atoms with Gasteiger partial charge >= 0.3 is 12.4 Å². The molecule has 4 nitrogen and oxygen atoms in total. The van der Waals surface area contributed by atoms with Gasteiger partial charge in [0.15, 0.2) is 5.76 Å². The summed E-state index contributed by atoms with van der Waals surface area (Å²) in [5.41, 5.74) is -3.01. The molecule has 0 aliphatic heterocycles. The number of benzene rings is 2. The first-order chi connectivity index (χ1) is 15.4. The third-order valence-electron chi connectivity index (χ3n) is 4.80. The molecule has 170 valence electrons. The van der Waals surface area contributed by atoms with Crippen molar-refractivity contribution in [2.45, 2.75) is 19.3 Å². The second-order valence-electron chi connectivity index (χ2n) is 7.23. The smallest absolute Gasteiger partial charge is 0.416 e. The fraction of sp³-hybridized carbons (Fsp3) is 0.130. The van der Waals surface area contributed by atoms with E-state index in [1.54, 1.807) is 43.3 Å². The summed E-state index contributed by atoms with van der Waals surface area (Å²) in [5.74, 6) is 0.0471. The molecule has 0 saturated carbocycles. The van der Waals surface area contributed by atoms with Gasteiger partial charge in [-0.1, -0.05) is 18.2 Å². The molecule has 0 fully saturated rings. The Hall–Kier alpha value is -3.82. The molecule has 4 rings (SSSR count). The summed E-state index contributed by atoms with van der Waals surface area (Å²) < 4.78 is 84.4. The zero-order chi connectivity index (χ0) is 24.0. The lowest BCUT2D eigenvalue weighted by atomic mass is 10.0. The number of para-hydroxylation sites is 1. The van der Waals surface area contributed by atoms with Crippen molar-refractivity contribution in [3.05, 3.63) is 83.1 Å². The number of halogens is 6. The Morgan fingerprint density at radius 1 is 0.879 bits per heavy atom. The van der Waals surface area contributed by atoms with Crippen molar-refractivity contribution in [1.29, 1.82) is 0 Å². The van der Waals surface area contributed by atoms with E-state index in [1.165, 1.54) is 6.07 Å². The van der Waals surface area contributed by atoms with Crippen molar-refractivity contribution in [3.8, 4) is 11.5 Å². The van der Waals surface area contributed by atoms with Gasteiger partial charge in [0.2, 0.25) is 0 Å². The Morgan fingerprint density at radius 2 is 1.52 bits per heavy atom. The van der Waals surface area contributed by atoms with E-state index in [0.29, 0.717) is 34.6 Å². The van der Waals surface area contributed by atoms with E-state index < -0.39 is 35.1 Å². The van der Waals surface area contributed by atoms with Crippen LogP contribution in [0, 0.1) is 6.92 Å². The monoisotopic (exact) mass is 464 g/mol. The summed E-state index contributed by atoms with van der Waals surface area (Å²) in [6, 6.07) is 12.1. The number of pyridine rings is 1. The quantitative estimate of drug-likeness (QED) is 0.329. The maximum atomic E-state index is 13.1. The zero-order valence-corrected chi connectivity index (χ0v) is 16.8. The molecule has 0 unspecified atom stereocenters. The highest BCUT2D eigenvalue weighted by molar-refractivity contribution is 6.13. The van der Waals surface area contributed by atoms with Crippen molar-refractivity contribution in [3.63, 3.8) is 0 Å². The highest BCUT2D eigenvalue weighted by atomic mass is 19.4. The molecule has 0 saturated heterocycles. The van der Waals surface area contributed by atoms with Gasteiger partial charge in [0, 0.05) is 11.1 Å². The van der Waals surface area contributed by atoms with Crippen molar-refractivity contribution in [2.24, 2.45) is 0 Å². The van der Waals surface area contributed by atoms with Gasteiger partial charge in [-0.3, -0.25) is 4.79 Å². The van der Waals surface area contributed by atoms with Crippen LogP contribution in [-0.4, -0.2) is 10.9 Å². The van der Waals surface area contributed by atoms with E-state index in [9.17, 15) is 31.1 Å². The molecular weight excluding hydrogens is 450 g/mol. The lowest BCUT2D eigenvalue weighted by Gasteiger charge is -2.15. The summed E-state index contributed by atoms with van der Waals surface area (Å²) in [6.07, 6.45) is -10.1. The van der Waals surface area contributed by atoms with Gasteiger partial charge in [0.05, 0.1) is 22.2 Å². The summed E-state index contributed by atoms with van der Waals surface area (Å²) in [4.78, 5) is 17.4. The van der Waals surface area contributed by atoms with Gasteiger partial charge < -0.3 is 9.73 Å². The number of rotatable bonds is 3. The molecule has 4 aromatic rings. The van der Waals surface area contributed by atoms with Crippen molar-refractivity contribution in [1.82, 2.24) is 4.98 Å². The number of amides is 1. The minimum absolute atomic E-state index is 0.00512. The minimum Gasteiger partial charge on any atom is -0.460 e. The van der Waals surface area contributed by atoms with E-state index in [-0.39, 0.29) is 17.3 Å². The Kier molecular flexibility index (Phi) is 5.39. The third kappa shape index (κ3) is 4.69. The number of hydrogen-bond donors (Lipinski definition) is 1. The summed E-state index contributed by atoms with van der Waals surface area (Å²) >= 11 is 0. The van der Waals surface area contributed by atoms with Crippen molar-refractivity contribution < 1.29 is 35.6 Å². The number of nitrogens with zero attached hydrogens (tertiary/aromatic N) is 1. The largest absolute Gasteiger partial charge is 0.460 e. The first kappa shape index (κ1) is 22.4. The second-order valence-corrected chi connectivity index (χ2v) is 7.23. The number of fused-ring (bicyclic) bond motifs is 1. The number of carbonyl (C=O) groups excluding carboxylic acids is 1. The summed E-state index contributed by atoms with van der Waals surface area (Å²) in [6.45, 7) is 1.71. The molecule has 0 radical (unpaired) electrons. The van der Waals surface area contributed by atoms with E-state index in [0.717, 1.165) is 0 Å². The standard InChI is InChI=1S/C23H14F6N2O2/c1-12-6-7-20(33-12)19-11-17(16-4-2-3-5-18(16)31-19)21(32)30-15-9-13(22(24,25)26)8-14(10-15)23(27,28)29/h2-11H,1H3,(H,30,32). The van der Waals surface area contributed by atoms with E-state index in [4.69, 9.17) is 4.42 Å². The molecule has 0 atom stereocenters. The number of carbonyl (C=O) groups is 1. The topological polar surface area (TPSA) is 55.1 Å². The molecule has 1 N–H and O–H groups in total. The van der Waals surface area contributed by atoms with Crippen LogP contribution in [0.4, 0.5) is 32.0 Å². The fourth-order valence-electron chi connectivity index (χ4n) is 3.29. The molecule has 0 spiro atoms. The molecule has 2 aromatic carbocycles. The van der Waals surface area contributed by atoms with E-state index in [1.807, 2.05) is 0 Å². The third-order valence-corrected chi connectivity index (χ3v) is 4.80. The molecule has 2 heterocycles. The van der Waals surface area contributed by atoms with Crippen LogP contribution in [-0.2, 0) is 12.4 Å². The number of alkyl halides is 6. The minimum atomic E-state index is -5.03. The molecular formula is C23H14F6N2O2. The molecule has 10 heteroatoms. The van der Waals surface area contributed by atoms with E-state index in [2.05, 4.69) is 10.3 Å². The van der Waals surface area contributed by atoms with Crippen LogP contribution in [0.2, 0.25) is 0 Å². The van der Waals surface area contributed by atoms with Gasteiger partial charge in [-0.25, -0.2) is 4.98 Å². The zero-order valence-electron chi connectivity index (χ0n) is 16.8. The van der Waals surface area contributed by atoms with Crippen LogP contribution in [0.15, 0.2) is 65.1 Å². The molecule has 0 aliphatic rings. The number of anilines is 1. The maximum absolute atomic E-state index is 13.1. The van der Waals surface area contributed by atoms with Gasteiger partial charge in [-0.2, -0.15) is 26.3 Å². The predicted octanol–water partition coefficient (Wildman–Crippen LogP) is 7.09. The van der Waals surface area contributed by atoms with Crippen LogP contribution in [0.25, 0.3) is 22.4 Å². The summed E-state index contributed by atoms with van der Waals surface area (Å²) in [7, 11) is 0. The SMILES string of the molecule is Cc1ccc(-c2cc(C(=O)Nc3cc(C(F)(F)F)cc(C(F)(F)F)c3)c3ccccc3n2)o1. The van der Waals surface area contributed by atoms with Crippen LogP contribution < -0.4 is 5.32 Å². The second kappa shape index (κ2) is 7.95. The fourth-order valence-corrected chi connectivity index (χ4v) is 3.29. The predicted molar refractivity (Wildman–Crippen MR) is 109 cm³/mol. The highest BCUT2D eigenvalue weighted by Gasteiger charge is 2.37. The van der Waals surface area contributed by atoms with E-state index >= 15 is 0 Å².